The summed E-state index contributed by atoms with van der Waals surface area (Å²) in [7, 11) is 1.67. The fourth-order valence-electron chi connectivity index (χ4n) is 3.68. The summed E-state index contributed by atoms with van der Waals surface area (Å²) in [5.74, 6) is 1.07. The second-order valence-electron chi connectivity index (χ2n) is 7.15. The summed E-state index contributed by atoms with van der Waals surface area (Å²) in [5, 5.41) is 0.823. The van der Waals surface area contributed by atoms with Crippen molar-refractivity contribution in [2.75, 3.05) is 44.7 Å². The summed E-state index contributed by atoms with van der Waals surface area (Å²) in [6, 6.07) is 15.5. The molecule has 0 radical (unpaired) electrons. The highest BCUT2D eigenvalue weighted by atomic mass is 19.3. The molecule has 1 saturated heterocycles. The third kappa shape index (κ3) is 4.45. The molecule has 1 aliphatic heterocycles. The maximum Gasteiger partial charge on any atom is 0.297 e. The number of rotatable bonds is 6. The summed E-state index contributed by atoms with van der Waals surface area (Å²) in [6.45, 7) is 4.22. The first kappa shape index (κ1) is 19.5. The molecule has 1 fully saturated rings. The molecular weight excluding hydrogens is 374 g/mol. The van der Waals surface area contributed by atoms with E-state index in [0.717, 1.165) is 50.3 Å². The van der Waals surface area contributed by atoms with Gasteiger partial charge >= 0.3 is 0 Å². The van der Waals surface area contributed by atoms with Crippen LogP contribution in [0.5, 0.6) is 5.75 Å². The lowest BCUT2D eigenvalue weighted by atomic mass is 10.1. The number of fused-ring (bicyclic) bond motifs is 1. The van der Waals surface area contributed by atoms with Crippen LogP contribution in [-0.2, 0) is 6.42 Å². The molecule has 152 valence electrons. The molecule has 2 heterocycles. The van der Waals surface area contributed by atoms with E-state index in [1.165, 1.54) is 5.56 Å². The molecule has 0 saturated carbocycles. The Morgan fingerprint density at radius 3 is 2.38 bits per heavy atom. The van der Waals surface area contributed by atoms with Gasteiger partial charge in [0, 0.05) is 38.1 Å². The zero-order valence-electron chi connectivity index (χ0n) is 16.4. The maximum absolute atomic E-state index is 13.3. The molecule has 29 heavy (non-hydrogen) atoms. The van der Waals surface area contributed by atoms with Crippen molar-refractivity contribution in [1.82, 2.24) is 14.9 Å². The van der Waals surface area contributed by atoms with Crippen molar-refractivity contribution in [3.8, 4) is 5.75 Å². The van der Waals surface area contributed by atoms with E-state index in [9.17, 15) is 8.78 Å². The number of halogens is 2. The lowest BCUT2D eigenvalue weighted by molar-refractivity contribution is 0.141. The Kier molecular flexibility index (Phi) is 5.85. The van der Waals surface area contributed by atoms with Crippen LogP contribution in [0.2, 0.25) is 0 Å². The fraction of sp³-hybridized carbons (Fsp3) is 0.364. The van der Waals surface area contributed by atoms with Crippen LogP contribution in [0.25, 0.3) is 10.9 Å². The zero-order valence-corrected chi connectivity index (χ0v) is 16.4. The van der Waals surface area contributed by atoms with E-state index in [1.807, 2.05) is 30.3 Å². The number of benzene rings is 2. The van der Waals surface area contributed by atoms with E-state index in [-0.39, 0.29) is 0 Å². The van der Waals surface area contributed by atoms with Crippen molar-refractivity contribution >= 4 is 16.7 Å². The van der Waals surface area contributed by atoms with E-state index in [0.29, 0.717) is 11.3 Å². The minimum absolute atomic E-state index is 0.402. The average Bonchev–Trinajstić information content (AvgIpc) is 2.77. The molecule has 0 amide bonds. The number of hydrogen-bond acceptors (Lipinski definition) is 5. The van der Waals surface area contributed by atoms with E-state index < -0.39 is 12.2 Å². The number of para-hydroxylation sites is 1. The first-order valence-corrected chi connectivity index (χ1v) is 9.79. The third-order valence-corrected chi connectivity index (χ3v) is 5.34. The predicted molar refractivity (Wildman–Crippen MR) is 110 cm³/mol. The number of ether oxygens (including phenoxy) is 1. The predicted octanol–water partition coefficient (Wildman–Crippen LogP) is 3.94. The molecule has 0 N–H and O–H groups in total. The van der Waals surface area contributed by atoms with Crippen LogP contribution in [0.3, 0.4) is 0 Å². The standard InChI is InChI=1S/C22H24F2N4O/c1-29-17-8-6-16(7-9-17)10-11-27-12-14-28(15-13-27)22-18-4-2-3-5-19(18)25-21(26-22)20(23)24/h2-9,20H,10-15H2,1H3. The van der Waals surface area contributed by atoms with Crippen LogP contribution in [0, 0.1) is 0 Å². The Hall–Kier alpha value is -2.80. The minimum Gasteiger partial charge on any atom is -0.497 e. The van der Waals surface area contributed by atoms with Gasteiger partial charge in [0.2, 0.25) is 0 Å². The van der Waals surface area contributed by atoms with Crippen LogP contribution < -0.4 is 9.64 Å². The topological polar surface area (TPSA) is 41.5 Å². The number of methoxy groups -OCH3 is 1. The molecule has 0 atom stereocenters. The molecule has 1 aromatic heterocycles. The molecule has 2 aromatic carbocycles. The Labute approximate surface area is 168 Å². The van der Waals surface area contributed by atoms with Crippen molar-refractivity contribution in [2.45, 2.75) is 12.8 Å². The number of nitrogens with zero attached hydrogens (tertiary/aromatic N) is 4. The molecule has 1 aliphatic rings. The van der Waals surface area contributed by atoms with Crippen LogP contribution in [0.1, 0.15) is 17.8 Å². The van der Waals surface area contributed by atoms with Gasteiger partial charge in [-0.2, -0.15) is 0 Å². The number of piperazine rings is 1. The summed E-state index contributed by atoms with van der Waals surface area (Å²) < 4.78 is 31.7. The Balaban J connectivity index is 1.41. The van der Waals surface area contributed by atoms with Gasteiger partial charge in [-0.15, -0.1) is 0 Å². The lowest BCUT2D eigenvalue weighted by Gasteiger charge is -2.36. The monoisotopic (exact) mass is 398 g/mol. The van der Waals surface area contributed by atoms with Crippen molar-refractivity contribution in [2.24, 2.45) is 0 Å². The van der Waals surface area contributed by atoms with Gasteiger partial charge in [0.1, 0.15) is 11.6 Å². The fourth-order valence-corrected chi connectivity index (χ4v) is 3.68. The number of hydrogen-bond donors (Lipinski definition) is 0. The smallest absolute Gasteiger partial charge is 0.297 e. The van der Waals surface area contributed by atoms with Crippen molar-refractivity contribution in [1.29, 1.82) is 0 Å². The second kappa shape index (κ2) is 8.69. The average molecular weight is 398 g/mol. The molecule has 0 spiro atoms. The normalized spacial score (nSPS) is 15.2. The van der Waals surface area contributed by atoms with Crippen molar-refractivity contribution in [3.05, 3.63) is 59.9 Å². The molecule has 3 aromatic rings. The van der Waals surface area contributed by atoms with Gasteiger partial charge in [-0.05, 0) is 36.2 Å². The Morgan fingerprint density at radius 1 is 0.966 bits per heavy atom. The molecule has 0 aliphatic carbocycles. The van der Waals surface area contributed by atoms with Gasteiger partial charge in [-0.3, -0.25) is 4.90 Å². The lowest BCUT2D eigenvalue weighted by Crippen LogP contribution is -2.47. The number of aromatic nitrogens is 2. The molecule has 5 nitrogen and oxygen atoms in total. The highest BCUT2D eigenvalue weighted by Crippen LogP contribution is 2.27. The first-order valence-electron chi connectivity index (χ1n) is 9.79. The van der Waals surface area contributed by atoms with Crippen molar-refractivity contribution in [3.63, 3.8) is 0 Å². The zero-order chi connectivity index (χ0) is 20.2. The van der Waals surface area contributed by atoms with Gasteiger partial charge in [-0.1, -0.05) is 24.3 Å². The van der Waals surface area contributed by atoms with E-state index in [2.05, 4.69) is 31.9 Å². The first-order chi connectivity index (χ1) is 14.1. The largest absolute Gasteiger partial charge is 0.497 e. The van der Waals surface area contributed by atoms with Gasteiger partial charge in [-0.25, -0.2) is 18.7 Å². The summed E-state index contributed by atoms with van der Waals surface area (Å²) >= 11 is 0. The summed E-state index contributed by atoms with van der Waals surface area (Å²) in [4.78, 5) is 12.7. The van der Waals surface area contributed by atoms with E-state index in [1.54, 1.807) is 13.2 Å². The molecule has 0 unspecified atom stereocenters. The SMILES string of the molecule is COc1ccc(CCN2CCN(c3nc(C(F)F)nc4ccccc34)CC2)cc1. The number of alkyl halides is 2. The summed E-state index contributed by atoms with van der Waals surface area (Å²) in [6.07, 6.45) is -1.71. The van der Waals surface area contributed by atoms with E-state index >= 15 is 0 Å². The third-order valence-electron chi connectivity index (χ3n) is 5.34. The van der Waals surface area contributed by atoms with Gasteiger partial charge in [0.25, 0.3) is 6.43 Å². The molecule has 4 rings (SSSR count). The highest BCUT2D eigenvalue weighted by Gasteiger charge is 2.22. The number of anilines is 1. The Bertz CT molecular complexity index is 957. The van der Waals surface area contributed by atoms with Crippen LogP contribution >= 0.6 is 0 Å². The van der Waals surface area contributed by atoms with Gasteiger partial charge < -0.3 is 9.64 Å². The van der Waals surface area contributed by atoms with E-state index in [4.69, 9.17) is 4.74 Å². The maximum atomic E-state index is 13.3. The highest BCUT2D eigenvalue weighted by molar-refractivity contribution is 5.89. The molecule has 7 heteroatoms. The summed E-state index contributed by atoms with van der Waals surface area (Å²) in [5.41, 5.74) is 1.84. The van der Waals surface area contributed by atoms with Gasteiger partial charge in [0.05, 0.1) is 12.6 Å². The van der Waals surface area contributed by atoms with Crippen molar-refractivity contribution < 1.29 is 13.5 Å². The minimum atomic E-state index is -2.68. The molecule has 0 bridgehead atoms. The van der Waals surface area contributed by atoms with Crippen LogP contribution in [-0.4, -0.2) is 54.7 Å². The van der Waals surface area contributed by atoms with Crippen LogP contribution in [0.4, 0.5) is 14.6 Å². The quantitative estimate of drug-likeness (QED) is 0.629. The van der Waals surface area contributed by atoms with Gasteiger partial charge in [0.15, 0.2) is 5.82 Å². The second-order valence-corrected chi connectivity index (χ2v) is 7.15. The Morgan fingerprint density at radius 2 is 1.69 bits per heavy atom. The van der Waals surface area contributed by atoms with Crippen LogP contribution in [0.15, 0.2) is 48.5 Å². The molecular formula is C22H24F2N4O.